The summed E-state index contributed by atoms with van der Waals surface area (Å²) in [5.74, 6) is -2.01. The second-order valence-electron chi connectivity index (χ2n) is 10.5. The Hall–Kier alpha value is -4.50. The molecule has 0 bridgehead atoms. The number of carboxylic acid groups (broad SMARTS) is 1. The molecule has 0 radical (unpaired) electrons. The first-order chi connectivity index (χ1) is 19.0. The van der Waals surface area contributed by atoms with Crippen molar-refractivity contribution >= 4 is 40.5 Å². The fourth-order valence-corrected chi connectivity index (χ4v) is 4.30. The molecule has 1 heterocycles. The minimum absolute atomic E-state index is 0.0197. The Labute approximate surface area is 232 Å². The molecule has 0 fully saturated rings. The lowest BCUT2D eigenvalue weighted by Crippen LogP contribution is -2.31. The summed E-state index contributed by atoms with van der Waals surface area (Å²) in [5, 5.41) is 18.2. The third kappa shape index (κ3) is 7.54. The average Bonchev–Trinajstić information content (AvgIpc) is 3.20. The number of esters is 1. The molecule has 0 saturated carbocycles. The van der Waals surface area contributed by atoms with Gasteiger partial charge in [-0.3, -0.25) is 14.4 Å². The molecule has 40 heavy (non-hydrogen) atoms. The summed E-state index contributed by atoms with van der Waals surface area (Å²) in [6.07, 6.45) is 0.410. The number of nitrogens with one attached hydrogen (secondary N) is 3. The zero-order valence-electron chi connectivity index (χ0n) is 22.6. The molecule has 208 valence electrons. The van der Waals surface area contributed by atoms with Gasteiger partial charge in [0.1, 0.15) is 11.4 Å². The van der Waals surface area contributed by atoms with Crippen LogP contribution in [-0.2, 0) is 32.1 Å². The molecule has 0 saturated heterocycles. The van der Waals surface area contributed by atoms with Crippen LogP contribution in [0.4, 0.5) is 15.8 Å². The summed E-state index contributed by atoms with van der Waals surface area (Å²) >= 11 is 0. The van der Waals surface area contributed by atoms with Gasteiger partial charge in [0.2, 0.25) is 0 Å². The number of carboxylic acids is 1. The first kappa shape index (κ1) is 28.5. The second kappa shape index (κ2) is 12.1. The Morgan fingerprint density at radius 1 is 0.975 bits per heavy atom. The summed E-state index contributed by atoms with van der Waals surface area (Å²) in [4.78, 5) is 35.9. The number of aliphatic carboxylic acids is 1. The van der Waals surface area contributed by atoms with E-state index in [-0.39, 0.29) is 24.8 Å². The third-order valence-electron chi connectivity index (χ3n) is 6.09. The lowest BCUT2D eigenvalue weighted by molar-refractivity contribution is -0.153. The summed E-state index contributed by atoms with van der Waals surface area (Å²) in [6, 6.07) is 19.0. The smallest absolute Gasteiger partial charge is 0.320 e. The quantitative estimate of drug-likeness (QED) is 0.204. The van der Waals surface area contributed by atoms with Gasteiger partial charge in [-0.2, -0.15) is 0 Å². The van der Waals surface area contributed by atoms with Crippen molar-refractivity contribution in [3.05, 3.63) is 94.8 Å². The molecule has 1 aliphatic heterocycles. The highest BCUT2D eigenvalue weighted by Crippen LogP contribution is 2.38. The van der Waals surface area contributed by atoms with Crippen molar-refractivity contribution in [2.75, 3.05) is 17.2 Å². The number of hydrogen-bond donors (Lipinski definition) is 4. The highest BCUT2D eigenvalue weighted by molar-refractivity contribution is 6.37. The molecule has 8 nitrogen and oxygen atoms in total. The van der Waals surface area contributed by atoms with E-state index in [1.807, 2.05) is 69.3 Å². The fourth-order valence-electron chi connectivity index (χ4n) is 4.30. The van der Waals surface area contributed by atoms with Crippen molar-refractivity contribution in [1.29, 1.82) is 0 Å². The SMILES string of the molecule is CC(C)(C)OC(=O)CNCc1ccc(NC(=C2C(=O)Nc3cc(F)ccc32)c2ccc(CCC(=O)O)cc2)cc1. The van der Waals surface area contributed by atoms with Crippen LogP contribution in [0.2, 0.25) is 0 Å². The van der Waals surface area contributed by atoms with Gasteiger partial charge in [0.25, 0.3) is 5.91 Å². The highest BCUT2D eigenvalue weighted by atomic mass is 19.1. The van der Waals surface area contributed by atoms with Crippen molar-refractivity contribution in [2.24, 2.45) is 0 Å². The van der Waals surface area contributed by atoms with Crippen LogP contribution < -0.4 is 16.0 Å². The molecule has 0 atom stereocenters. The lowest BCUT2D eigenvalue weighted by atomic mass is 9.98. The maximum absolute atomic E-state index is 13.8. The van der Waals surface area contributed by atoms with E-state index in [0.717, 1.165) is 16.8 Å². The van der Waals surface area contributed by atoms with Crippen LogP contribution in [0.25, 0.3) is 11.3 Å². The Balaban J connectivity index is 1.57. The maximum Gasteiger partial charge on any atom is 0.320 e. The van der Waals surface area contributed by atoms with Gasteiger partial charge in [0.05, 0.1) is 23.5 Å². The predicted molar refractivity (Wildman–Crippen MR) is 152 cm³/mol. The molecular weight excluding hydrogens is 513 g/mol. The fraction of sp³-hybridized carbons (Fsp3) is 0.258. The molecule has 3 aromatic carbocycles. The van der Waals surface area contributed by atoms with Crippen molar-refractivity contribution in [2.45, 2.75) is 45.8 Å². The average molecular weight is 546 g/mol. The van der Waals surface area contributed by atoms with Crippen LogP contribution in [-0.4, -0.2) is 35.1 Å². The van der Waals surface area contributed by atoms with E-state index < -0.39 is 17.4 Å². The number of rotatable bonds is 10. The van der Waals surface area contributed by atoms with Crippen LogP contribution in [0.5, 0.6) is 0 Å². The minimum atomic E-state index is -0.872. The van der Waals surface area contributed by atoms with Crippen molar-refractivity contribution in [3.8, 4) is 0 Å². The number of ether oxygens (including phenoxy) is 1. The molecule has 0 aliphatic carbocycles. The highest BCUT2D eigenvalue weighted by Gasteiger charge is 2.29. The van der Waals surface area contributed by atoms with E-state index in [1.165, 1.54) is 12.1 Å². The molecule has 0 aromatic heterocycles. The zero-order chi connectivity index (χ0) is 28.9. The van der Waals surface area contributed by atoms with Crippen molar-refractivity contribution in [1.82, 2.24) is 5.32 Å². The number of carbonyl (C=O) groups is 3. The molecule has 0 spiro atoms. The topological polar surface area (TPSA) is 117 Å². The van der Waals surface area contributed by atoms with E-state index in [2.05, 4.69) is 16.0 Å². The Kier molecular flexibility index (Phi) is 8.64. The van der Waals surface area contributed by atoms with Crippen LogP contribution in [0, 0.1) is 5.82 Å². The summed E-state index contributed by atoms with van der Waals surface area (Å²) in [7, 11) is 0. The number of fused-ring (bicyclic) bond motifs is 1. The summed E-state index contributed by atoms with van der Waals surface area (Å²) < 4.78 is 19.2. The zero-order valence-corrected chi connectivity index (χ0v) is 22.6. The van der Waals surface area contributed by atoms with Gasteiger partial charge in [-0.25, -0.2) is 4.39 Å². The van der Waals surface area contributed by atoms with Crippen molar-refractivity contribution < 1.29 is 28.6 Å². The standard InChI is InChI=1S/C31H32FN3O5/c1-31(2,3)40-27(38)18-33-17-20-6-12-23(13-7-20)34-29(21-9-4-19(5-10-21)8-15-26(36)37)28-24-14-11-22(32)16-25(24)35-30(28)39/h4-7,9-14,16,33-34H,8,15,17-18H2,1-3H3,(H,35,39)(H,36,37). The van der Waals surface area contributed by atoms with Gasteiger partial charge in [-0.1, -0.05) is 36.4 Å². The molecule has 3 aromatic rings. The van der Waals surface area contributed by atoms with Gasteiger partial charge in [-0.05, 0) is 74.2 Å². The number of carbonyl (C=O) groups excluding carboxylic acids is 2. The van der Waals surface area contributed by atoms with Crippen LogP contribution >= 0.6 is 0 Å². The van der Waals surface area contributed by atoms with E-state index in [9.17, 15) is 18.8 Å². The molecule has 1 amide bonds. The number of amides is 1. The first-order valence-electron chi connectivity index (χ1n) is 12.9. The normalized spacial score (nSPS) is 13.8. The number of hydrogen-bond acceptors (Lipinski definition) is 6. The predicted octanol–water partition coefficient (Wildman–Crippen LogP) is 5.21. The molecule has 4 rings (SSSR count). The number of aryl methyl sites for hydroxylation is 1. The molecule has 4 N–H and O–H groups in total. The van der Waals surface area contributed by atoms with Crippen molar-refractivity contribution in [3.63, 3.8) is 0 Å². The van der Waals surface area contributed by atoms with Gasteiger partial charge in [0, 0.05) is 24.2 Å². The summed E-state index contributed by atoms with van der Waals surface area (Å²) in [5.41, 5.74) is 4.57. The van der Waals surface area contributed by atoms with Gasteiger partial charge in [0.15, 0.2) is 0 Å². The monoisotopic (exact) mass is 545 g/mol. The van der Waals surface area contributed by atoms with Gasteiger partial charge < -0.3 is 25.8 Å². The van der Waals surface area contributed by atoms with Gasteiger partial charge >= 0.3 is 11.9 Å². The minimum Gasteiger partial charge on any atom is -0.481 e. The largest absolute Gasteiger partial charge is 0.481 e. The molecule has 1 aliphatic rings. The first-order valence-corrected chi connectivity index (χ1v) is 12.9. The Bertz CT molecular complexity index is 1440. The lowest BCUT2D eigenvalue weighted by Gasteiger charge is -2.19. The van der Waals surface area contributed by atoms with Crippen LogP contribution in [0.15, 0.2) is 66.7 Å². The van der Waals surface area contributed by atoms with E-state index in [4.69, 9.17) is 9.84 Å². The van der Waals surface area contributed by atoms with E-state index in [1.54, 1.807) is 6.07 Å². The number of anilines is 2. The molecule has 0 unspecified atom stereocenters. The van der Waals surface area contributed by atoms with Crippen LogP contribution in [0.3, 0.4) is 0 Å². The number of halogens is 1. The van der Waals surface area contributed by atoms with E-state index >= 15 is 0 Å². The van der Waals surface area contributed by atoms with Crippen LogP contribution in [0.1, 0.15) is 49.4 Å². The second-order valence-corrected chi connectivity index (χ2v) is 10.5. The summed E-state index contributed by atoms with van der Waals surface area (Å²) in [6.45, 7) is 6.01. The van der Waals surface area contributed by atoms with Gasteiger partial charge in [-0.15, -0.1) is 0 Å². The molecular formula is C31H32FN3O5. The third-order valence-corrected chi connectivity index (χ3v) is 6.09. The Morgan fingerprint density at radius 3 is 2.30 bits per heavy atom. The Morgan fingerprint density at radius 2 is 1.65 bits per heavy atom. The van der Waals surface area contributed by atoms with E-state index in [0.29, 0.717) is 41.1 Å². The number of benzene rings is 3. The molecule has 9 heteroatoms. The maximum atomic E-state index is 13.8.